The molecule has 2 aliphatic rings. The van der Waals surface area contributed by atoms with E-state index in [1.165, 1.54) is 4.90 Å². The lowest BCUT2D eigenvalue weighted by atomic mass is 9.99. The third-order valence-electron chi connectivity index (χ3n) is 4.61. The van der Waals surface area contributed by atoms with E-state index < -0.39 is 5.54 Å². The molecule has 1 aliphatic heterocycles. The lowest BCUT2D eigenvalue weighted by molar-refractivity contribution is -0.123. The zero-order chi connectivity index (χ0) is 15.7. The van der Waals surface area contributed by atoms with Crippen LogP contribution in [0.1, 0.15) is 41.6 Å². The van der Waals surface area contributed by atoms with E-state index in [0.29, 0.717) is 11.3 Å². The van der Waals surface area contributed by atoms with Crippen molar-refractivity contribution in [2.45, 2.75) is 31.2 Å². The van der Waals surface area contributed by atoms with Gasteiger partial charge in [-0.05, 0) is 18.9 Å². The topological polar surface area (TPSA) is 69.6 Å². The number of benzene rings is 1. The van der Waals surface area contributed by atoms with Crippen molar-refractivity contribution in [3.05, 3.63) is 42.0 Å². The maximum atomic E-state index is 12.4. The fourth-order valence-corrected chi connectivity index (χ4v) is 3.36. The number of hydrogen-bond acceptors (Lipinski definition) is 3. The highest BCUT2D eigenvalue weighted by Crippen LogP contribution is 2.32. The van der Waals surface area contributed by atoms with Gasteiger partial charge in [0.1, 0.15) is 6.54 Å². The van der Waals surface area contributed by atoms with Crippen molar-refractivity contribution in [2.75, 3.05) is 13.2 Å². The molecule has 3 rings (SSSR count). The quantitative estimate of drug-likeness (QED) is 0.886. The van der Waals surface area contributed by atoms with Gasteiger partial charge >= 0.3 is 0 Å². The number of aliphatic hydroxyl groups excluding tert-OH is 1. The maximum absolute atomic E-state index is 12.4. The normalized spacial score (nSPS) is 19.4. The molecular formula is C17H20N2O3. The van der Waals surface area contributed by atoms with E-state index in [0.717, 1.165) is 31.2 Å². The van der Waals surface area contributed by atoms with Crippen LogP contribution in [0.5, 0.6) is 0 Å². The van der Waals surface area contributed by atoms with Crippen LogP contribution in [0.15, 0.2) is 30.8 Å². The summed E-state index contributed by atoms with van der Waals surface area (Å²) in [5.74, 6) is -0.446. The van der Waals surface area contributed by atoms with Gasteiger partial charge < -0.3 is 10.4 Å². The summed E-state index contributed by atoms with van der Waals surface area (Å²) in [6, 6.07) is 7.22. The Morgan fingerprint density at radius 1 is 1.27 bits per heavy atom. The molecule has 0 spiro atoms. The van der Waals surface area contributed by atoms with E-state index in [9.17, 15) is 14.7 Å². The molecule has 2 N–H and O–H groups in total. The first-order chi connectivity index (χ1) is 10.6. The minimum Gasteiger partial charge on any atom is -0.394 e. The third-order valence-corrected chi connectivity index (χ3v) is 4.61. The smallest absolute Gasteiger partial charge is 0.259 e. The van der Waals surface area contributed by atoms with Crippen LogP contribution in [-0.4, -0.2) is 40.5 Å². The third kappa shape index (κ3) is 2.41. The van der Waals surface area contributed by atoms with E-state index in [-0.39, 0.29) is 25.0 Å². The monoisotopic (exact) mass is 300 g/mol. The van der Waals surface area contributed by atoms with E-state index in [1.54, 1.807) is 12.1 Å². The average Bonchev–Trinajstić information content (AvgIpc) is 3.08. The summed E-state index contributed by atoms with van der Waals surface area (Å²) in [6.45, 7) is 3.80. The van der Waals surface area contributed by atoms with Crippen LogP contribution in [0.25, 0.3) is 5.70 Å². The first-order valence-electron chi connectivity index (χ1n) is 7.58. The van der Waals surface area contributed by atoms with Crippen molar-refractivity contribution in [3.63, 3.8) is 0 Å². The minimum atomic E-state index is -0.520. The lowest BCUT2D eigenvalue weighted by Crippen LogP contribution is -2.52. The molecule has 1 fully saturated rings. The molecule has 0 atom stereocenters. The van der Waals surface area contributed by atoms with Crippen LogP contribution in [0.3, 0.4) is 0 Å². The highest BCUT2D eigenvalue weighted by atomic mass is 16.3. The maximum Gasteiger partial charge on any atom is 0.259 e. The second-order valence-electron chi connectivity index (χ2n) is 6.08. The predicted molar refractivity (Wildman–Crippen MR) is 82.9 cm³/mol. The number of amides is 2. The van der Waals surface area contributed by atoms with Crippen LogP contribution in [0.4, 0.5) is 0 Å². The summed E-state index contributed by atoms with van der Waals surface area (Å²) < 4.78 is 0. The Balaban J connectivity index is 1.70. The second kappa shape index (κ2) is 5.57. The Bertz CT molecular complexity index is 598. The van der Waals surface area contributed by atoms with Gasteiger partial charge in [0.25, 0.3) is 5.91 Å². The summed E-state index contributed by atoms with van der Waals surface area (Å²) in [4.78, 5) is 26.1. The fourth-order valence-electron chi connectivity index (χ4n) is 3.36. The van der Waals surface area contributed by atoms with Crippen LogP contribution >= 0.6 is 0 Å². The summed E-state index contributed by atoms with van der Waals surface area (Å²) in [7, 11) is 0. The zero-order valence-corrected chi connectivity index (χ0v) is 12.5. The number of nitrogens with one attached hydrogen (secondary N) is 1. The van der Waals surface area contributed by atoms with E-state index in [4.69, 9.17) is 0 Å². The molecule has 1 saturated carbocycles. The van der Waals surface area contributed by atoms with E-state index >= 15 is 0 Å². The summed E-state index contributed by atoms with van der Waals surface area (Å²) in [5, 5.41) is 12.5. The molecule has 116 valence electrons. The van der Waals surface area contributed by atoms with Gasteiger partial charge in [0.2, 0.25) is 5.91 Å². The highest BCUT2D eigenvalue weighted by Gasteiger charge is 2.37. The Kier molecular flexibility index (Phi) is 3.74. The van der Waals surface area contributed by atoms with Gasteiger partial charge in [0.05, 0.1) is 12.1 Å². The number of carbonyl (C=O) groups excluding carboxylic acids is 2. The molecule has 1 aliphatic carbocycles. The van der Waals surface area contributed by atoms with Gasteiger partial charge in [-0.15, -0.1) is 0 Å². The zero-order valence-electron chi connectivity index (χ0n) is 12.5. The average molecular weight is 300 g/mol. The number of carbonyl (C=O) groups is 2. The van der Waals surface area contributed by atoms with Gasteiger partial charge in [-0.1, -0.05) is 37.6 Å². The molecule has 22 heavy (non-hydrogen) atoms. The molecule has 5 nitrogen and oxygen atoms in total. The molecule has 0 radical (unpaired) electrons. The van der Waals surface area contributed by atoms with Gasteiger partial charge in [0.15, 0.2) is 0 Å². The van der Waals surface area contributed by atoms with Crippen molar-refractivity contribution in [1.29, 1.82) is 0 Å². The Morgan fingerprint density at radius 3 is 2.50 bits per heavy atom. The molecule has 0 bridgehead atoms. The van der Waals surface area contributed by atoms with Crippen LogP contribution in [0.2, 0.25) is 0 Å². The van der Waals surface area contributed by atoms with Crippen molar-refractivity contribution >= 4 is 17.5 Å². The molecule has 5 heteroatoms. The van der Waals surface area contributed by atoms with Crippen molar-refractivity contribution < 1.29 is 14.7 Å². The molecular weight excluding hydrogens is 280 g/mol. The Morgan fingerprint density at radius 2 is 1.91 bits per heavy atom. The number of rotatable bonds is 4. The Hall–Kier alpha value is -2.14. The van der Waals surface area contributed by atoms with Crippen LogP contribution < -0.4 is 5.32 Å². The number of hydrogen-bond donors (Lipinski definition) is 2. The largest absolute Gasteiger partial charge is 0.394 e. The number of nitrogens with zero attached hydrogens (tertiary/aromatic N) is 1. The molecule has 0 saturated heterocycles. The van der Waals surface area contributed by atoms with E-state index in [2.05, 4.69) is 11.9 Å². The SMILES string of the molecule is C=C1c2ccccc2C(=O)N1CC(=O)NC1(CO)CCCC1. The molecule has 0 unspecified atom stereocenters. The summed E-state index contributed by atoms with van der Waals surface area (Å²) in [5.41, 5.74) is 1.39. The molecule has 1 aromatic carbocycles. The van der Waals surface area contributed by atoms with Crippen molar-refractivity contribution in [3.8, 4) is 0 Å². The first-order valence-corrected chi connectivity index (χ1v) is 7.58. The standard InChI is InChI=1S/C17H20N2O3/c1-12-13-6-2-3-7-14(13)16(22)19(12)10-15(21)18-17(11-20)8-4-5-9-17/h2-3,6-7,20H,1,4-5,8-11H2,(H,18,21). The minimum absolute atomic E-state index is 0.0614. The summed E-state index contributed by atoms with van der Waals surface area (Å²) in [6.07, 6.45) is 3.57. The lowest BCUT2D eigenvalue weighted by Gasteiger charge is -2.29. The molecule has 1 aromatic rings. The van der Waals surface area contributed by atoms with E-state index in [1.807, 2.05) is 12.1 Å². The van der Waals surface area contributed by atoms with Crippen LogP contribution in [0, 0.1) is 0 Å². The molecule has 0 aromatic heterocycles. The summed E-state index contributed by atoms with van der Waals surface area (Å²) >= 11 is 0. The predicted octanol–water partition coefficient (Wildman–Crippen LogP) is 1.53. The van der Waals surface area contributed by atoms with Gasteiger partial charge in [0, 0.05) is 16.8 Å². The highest BCUT2D eigenvalue weighted by molar-refractivity contribution is 6.10. The number of fused-ring (bicyclic) bond motifs is 1. The fraction of sp³-hybridized carbons (Fsp3) is 0.412. The second-order valence-corrected chi connectivity index (χ2v) is 6.08. The van der Waals surface area contributed by atoms with Gasteiger partial charge in [-0.2, -0.15) is 0 Å². The first kappa shape index (κ1) is 14.8. The van der Waals surface area contributed by atoms with Gasteiger partial charge in [-0.25, -0.2) is 0 Å². The van der Waals surface area contributed by atoms with Crippen LogP contribution in [-0.2, 0) is 4.79 Å². The Labute approximate surface area is 129 Å². The molecule has 1 heterocycles. The van der Waals surface area contributed by atoms with Gasteiger partial charge in [-0.3, -0.25) is 14.5 Å². The van der Waals surface area contributed by atoms with Crippen molar-refractivity contribution in [1.82, 2.24) is 10.2 Å². The van der Waals surface area contributed by atoms with Crippen molar-refractivity contribution in [2.24, 2.45) is 0 Å². The number of aliphatic hydroxyl groups is 1. The molecule has 2 amide bonds.